The van der Waals surface area contributed by atoms with Crippen molar-refractivity contribution < 1.29 is 24.2 Å². The van der Waals surface area contributed by atoms with Gasteiger partial charge in [-0.3, -0.25) is 4.79 Å². The summed E-state index contributed by atoms with van der Waals surface area (Å²) >= 11 is 0. The van der Waals surface area contributed by atoms with E-state index in [9.17, 15) is 14.7 Å². The average Bonchev–Trinajstić information content (AvgIpc) is 3.27. The second-order valence-electron chi connectivity index (χ2n) is 10.4. The number of anilines is 1. The number of nitrogens with one attached hydrogen (secondary N) is 3. The molecular formula is C29H37N3O5. The van der Waals surface area contributed by atoms with Crippen LogP contribution in [0.3, 0.4) is 0 Å². The number of amides is 3. The molecule has 2 fully saturated rings. The molecule has 1 saturated heterocycles. The minimum atomic E-state index is -0.515. The third kappa shape index (κ3) is 6.43. The fraction of sp³-hybridized carbons (Fsp3) is 0.517. The molecule has 2 aromatic rings. The van der Waals surface area contributed by atoms with E-state index in [-0.39, 0.29) is 49.1 Å². The minimum absolute atomic E-state index is 0.0221. The summed E-state index contributed by atoms with van der Waals surface area (Å²) in [4.78, 5) is 25.2. The zero-order valence-electron chi connectivity index (χ0n) is 21.2. The van der Waals surface area contributed by atoms with Gasteiger partial charge in [0, 0.05) is 29.8 Å². The Morgan fingerprint density at radius 1 is 1.03 bits per heavy atom. The number of benzene rings is 2. The van der Waals surface area contributed by atoms with Crippen LogP contribution < -0.4 is 20.7 Å². The standard InChI is InChI=1S/C29H37N3O5/c33-18-26-28-24(16-22(36-26)17-27(34)30-14-13-19-7-3-1-4-8-19)23-15-21(11-12-25(23)37-28)32-29(35)31-20-9-5-2-6-10-20/h1,3-4,7-8,11-12,15,20,22,24,26,28,33H,2,5-6,9-10,13-14,16-18H2,(H,30,34)(H2,31,32,35)/t22-,24+,26+,28-/m1/s1. The summed E-state index contributed by atoms with van der Waals surface area (Å²) in [6.45, 7) is 0.380. The van der Waals surface area contributed by atoms with Gasteiger partial charge in [-0.15, -0.1) is 0 Å². The van der Waals surface area contributed by atoms with Crippen LogP contribution in [0.15, 0.2) is 48.5 Å². The molecule has 2 aliphatic heterocycles. The topological polar surface area (TPSA) is 109 Å². The summed E-state index contributed by atoms with van der Waals surface area (Å²) in [7, 11) is 0. The van der Waals surface area contributed by atoms with Crippen LogP contribution in [0, 0.1) is 0 Å². The van der Waals surface area contributed by atoms with E-state index in [2.05, 4.69) is 16.0 Å². The van der Waals surface area contributed by atoms with Crippen LogP contribution in [0.25, 0.3) is 0 Å². The molecule has 0 unspecified atom stereocenters. The summed E-state index contributed by atoms with van der Waals surface area (Å²) in [6, 6.07) is 15.7. The van der Waals surface area contributed by atoms with Crippen molar-refractivity contribution in [3.63, 3.8) is 0 Å². The third-order valence-corrected chi connectivity index (χ3v) is 7.69. The molecule has 0 radical (unpaired) electrons. The van der Waals surface area contributed by atoms with Gasteiger partial charge in [0.15, 0.2) is 0 Å². The molecule has 198 valence electrons. The van der Waals surface area contributed by atoms with Gasteiger partial charge in [0.25, 0.3) is 0 Å². The first-order valence-electron chi connectivity index (χ1n) is 13.5. The van der Waals surface area contributed by atoms with Crippen molar-refractivity contribution in [2.45, 2.75) is 81.6 Å². The lowest BCUT2D eigenvalue weighted by atomic mass is 9.84. The number of aliphatic hydroxyl groups is 1. The Labute approximate surface area is 218 Å². The van der Waals surface area contributed by atoms with E-state index in [1.54, 1.807) is 0 Å². The summed E-state index contributed by atoms with van der Waals surface area (Å²) in [5.41, 5.74) is 2.87. The van der Waals surface area contributed by atoms with Crippen molar-refractivity contribution in [1.29, 1.82) is 0 Å². The average molecular weight is 508 g/mol. The molecule has 1 aliphatic carbocycles. The lowest BCUT2D eigenvalue weighted by molar-refractivity contribution is -0.142. The highest BCUT2D eigenvalue weighted by Gasteiger charge is 2.46. The molecule has 8 heteroatoms. The molecule has 4 N–H and O–H groups in total. The number of hydrogen-bond donors (Lipinski definition) is 4. The second-order valence-corrected chi connectivity index (χ2v) is 10.4. The van der Waals surface area contributed by atoms with Gasteiger partial charge in [-0.1, -0.05) is 49.6 Å². The maximum Gasteiger partial charge on any atom is 0.319 e. The van der Waals surface area contributed by atoms with E-state index in [1.807, 2.05) is 48.5 Å². The van der Waals surface area contributed by atoms with Crippen molar-refractivity contribution >= 4 is 17.6 Å². The van der Waals surface area contributed by atoms with Gasteiger partial charge in [0.2, 0.25) is 5.91 Å². The Balaban J connectivity index is 1.18. The predicted molar refractivity (Wildman–Crippen MR) is 141 cm³/mol. The molecule has 5 rings (SSSR count). The van der Waals surface area contributed by atoms with Crippen molar-refractivity contribution in [1.82, 2.24) is 10.6 Å². The molecule has 0 bridgehead atoms. The van der Waals surface area contributed by atoms with E-state index in [4.69, 9.17) is 9.47 Å². The molecule has 0 spiro atoms. The number of urea groups is 1. The number of fused-ring (bicyclic) bond motifs is 3. The number of aliphatic hydroxyl groups excluding tert-OH is 1. The number of carbonyl (C=O) groups is 2. The van der Waals surface area contributed by atoms with E-state index in [0.29, 0.717) is 18.7 Å². The van der Waals surface area contributed by atoms with E-state index >= 15 is 0 Å². The van der Waals surface area contributed by atoms with Crippen molar-refractivity contribution in [3.8, 4) is 5.75 Å². The van der Waals surface area contributed by atoms with Crippen molar-refractivity contribution in [3.05, 3.63) is 59.7 Å². The normalized spacial score (nSPS) is 24.9. The molecule has 3 aliphatic rings. The molecule has 3 amide bonds. The fourth-order valence-electron chi connectivity index (χ4n) is 5.84. The highest BCUT2D eigenvalue weighted by molar-refractivity contribution is 5.89. The third-order valence-electron chi connectivity index (χ3n) is 7.69. The van der Waals surface area contributed by atoms with Crippen molar-refractivity contribution in [2.75, 3.05) is 18.5 Å². The highest BCUT2D eigenvalue weighted by atomic mass is 16.6. The van der Waals surface area contributed by atoms with Gasteiger partial charge in [0.05, 0.1) is 19.1 Å². The zero-order chi connectivity index (χ0) is 25.6. The smallest absolute Gasteiger partial charge is 0.319 e. The molecule has 4 atom stereocenters. The summed E-state index contributed by atoms with van der Waals surface area (Å²) < 4.78 is 12.2. The summed E-state index contributed by atoms with van der Waals surface area (Å²) in [5.74, 6) is 0.652. The van der Waals surface area contributed by atoms with Gasteiger partial charge in [-0.25, -0.2) is 4.79 Å². The maximum atomic E-state index is 12.6. The Morgan fingerprint density at radius 2 is 1.84 bits per heavy atom. The molecule has 0 aromatic heterocycles. The first-order chi connectivity index (χ1) is 18.1. The highest BCUT2D eigenvalue weighted by Crippen LogP contribution is 2.47. The van der Waals surface area contributed by atoms with Crippen LogP contribution in [-0.4, -0.2) is 54.6 Å². The van der Waals surface area contributed by atoms with Gasteiger partial charge in [0.1, 0.15) is 18.0 Å². The van der Waals surface area contributed by atoms with Gasteiger partial charge in [-0.05, 0) is 49.4 Å². The number of carbonyl (C=O) groups excluding carboxylic acids is 2. The Hall–Kier alpha value is -3.10. The van der Waals surface area contributed by atoms with Crippen LogP contribution in [0.4, 0.5) is 10.5 Å². The summed E-state index contributed by atoms with van der Waals surface area (Å²) in [6.07, 6.45) is 6.06. The first kappa shape index (κ1) is 25.5. The molecule has 8 nitrogen and oxygen atoms in total. The molecule has 2 heterocycles. The van der Waals surface area contributed by atoms with Gasteiger partial charge >= 0.3 is 6.03 Å². The van der Waals surface area contributed by atoms with Crippen molar-refractivity contribution in [2.24, 2.45) is 0 Å². The van der Waals surface area contributed by atoms with Crippen LogP contribution in [0.5, 0.6) is 5.75 Å². The molecule has 1 saturated carbocycles. The number of rotatable bonds is 8. The number of hydrogen-bond acceptors (Lipinski definition) is 5. The lowest BCUT2D eigenvalue weighted by Gasteiger charge is -2.37. The first-order valence-corrected chi connectivity index (χ1v) is 13.5. The maximum absolute atomic E-state index is 12.6. The number of ether oxygens (including phenoxy) is 2. The lowest BCUT2D eigenvalue weighted by Crippen LogP contribution is -2.47. The fourth-order valence-corrected chi connectivity index (χ4v) is 5.84. The Kier molecular flexibility index (Phi) is 8.26. The largest absolute Gasteiger partial charge is 0.487 e. The Morgan fingerprint density at radius 3 is 2.62 bits per heavy atom. The molecular weight excluding hydrogens is 470 g/mol. The van der Waals surface area contributed by atoms with Crippen LogP contribution >= 0.6 is 0 Å². The monoisotopic (exact) mass is 507 g/mol. The minimum Gasteiger partial charge on any atom is -0.487 e. The zero-order valence-corrected chi connectivity index (χ0v) is 21.2. The summed E-state index contributed by atoms with van der Waals surface area (Å²) in [5, 5.41) is 19.0. The van der Waals surface area contributed by atoms with Crippen LogP contribution in [0.1, 0.15) is 62.0 Å². The van der Waals surface area contributed by atoms with E-state index < -0.39 is 6.10 Å². The van der Waals surface area contributed by atoms with E-state index in [1.165, 1.54) is 12.0 Å². The predicted octanol–water partition coefficient (Wildman–Crippen LogP) is 3.88. The van der Waals surface area contributed by atoms with Crippen LogP contribution in [-0.2, 0) is 16.0 Å². The van der Waals surface area contributed by atoms with Gasteiger partial charge in [-0.2, -0.15) is 0 Å². The van der Waals surface area contributed by atoms with E-state index in [0.717, 1.165) is 43.4 Å². The quantitative estimate of drug-likeness (QED) is 0.434. The Bertz CT molecular complexity index is 1070. The second kappa shape index (κ2) is 12.0. The van der Waals surface area contributed by atoms with Crippen LogP contribution in [0.2, 0.25) is 0 Å². The van der Waals surface area contributed by atoms with Gasteiger partial charge < -0.3 is 30.5 Å². The SMILES string of the molecule is O=C(C[C@H]1C[C@H]2c3cc(NC(=O)NC4CCCCC4)ccc3O[C@H]2[C@H](CO)O1)NCCc1ccccc1. The molecule has 37 heavy (non-hydrogen) atoms. The molecule has 2 aromatic carbocycles.